The third-order valence-electron chi connectivity index (χ3n) is 5.79. The number of fused-ring (bicyclic) bond motifs is 1. The number of halogens is 1. The van der Waals surface area contributed by atoms with E-state index >= 15 is 0 Å². The molecule has 150 valence electrons. The molecule has 1 aromatic heterocycles. The Morgan fingerprint density at radius 2 is 1.93 bits per heavy atom. The van der Waals surface area contributed by atoms with Crippen LogP contribution in [-0.2, 0) is 11.3 Å². The van der Waals surface area contributed by atoms with Crippen LogP contribution in [0.3, 0.4) is 0 Å². The Bertz CT molecular complexity index is 1090. The predicted octanol–water partition coefficient (Wildman–Crippen LogP) is 3.89. The maximum absolute atomic E-state index is 13.3. The van der Waals surface area contributed by atoms with E-state index < -0.39 is 0 Å². The SMILES string of the molecule is Cc1cccc2c(=O)n(CC(=O)N[C@@H](c3ccc(F)cc3)C3CCCC3)cnc12. The molecule has 4 rings (SSSR count). The summed E-state index contributed by atoms with van der Waals surface area (Å²) in [5.74, 6) is -0.227. The quantitative estimate of drug-likeness (QED) is 0.715. The van der Waals surface area contributed by atoms with Crippen LogP contribution in [0, 0.1) is 18.7 Å². The average Bonchev–Trinajstić information content (AvgIpc) is 3.24. The molecule has 1 N–H and O–H groups in total. The summed E-state index contributed by atoms with van der Waals surface area (Å²) in [4.78, 5) is 29.9. The molecular weight excluding hydrogens is 369 g/mol. The number of hydrogen-bond acceptors (Lipinski definition) is 3. The summed E-state index contributed by atoms with van der Waals surface area (Å²) in [7, 11) is 0. The molecule has 2 aromatic carbocycles. The highest BCUT2D eigenvalue weighted by Gasteiger charge is 2.28. The van der Waals surface area contributed by atoms with Gasteiger partial charge < -0.3 is 5.32 Å². The standard InChI is InChI=1S/C23H24FN3O2/c1-15-5-4-8-19-21(15)25-14-27(23(19)29)13-20(28)26-22(16-6-2-3-7-16)17-9-11-18(24)12-10-17/h4-5,8-12,14,16,22H,2-3,6-7,13H2,1H3,(H,26,28)/t22-/m1/s1. The Morgan fingerprint density at radius 1 is 1.21 bits per heavy atom. The minimum atomic E-state index is -0.297. The van der Waals surface area contributed by atoms with E-state index in [0.717, 1.165) is 36.8 Å². The normalized spacial score (nSPS) is 15.5. The summed E-state index contributed by atoms with van der Waals surface area (Å²) in [6, 6.07) is 11.6. The predicted molar refractivity (Wildman–Crippen MR) is 110 cm³/mol. The Hall–Kier alpha value is -3.02. The van der Waals surface area contributed by atoms with E-state index in [1.165, 1.54) is 23.0 Å². The van der Waals surface area contributed by atoms with Crippen molar-refractivity contribution < 1.29 is 9.18 Å². The first-order chi connectivity index (χ1) is 14.0. The lowest BCUT2D eigenvalue weighted by Gasteiger charge is -2.25. The average molecular weight is 393 g/mol. The number of benzene rings is 2. The molecule has 1 atom stereocenters. The van der Waals surface area contributed by atoms with Gasteiger partial charge in [0.2, 0.25) is 5.91 Å². The second-order valence-corrected chi connectivity index (χ2v) is 7.79. The fraction of sp³-hybridized carbons (Fsp3) is 0.348. The first kappa shape index (κ1) is 19.3. The van der Waals surface area contributed by atoms with Crippen LogP contribution < -0.4 is 10.9 Å². The topological polar surface area (TPSA) is 64.0 Å². The number of rotatable bonds is 5. The second kappa shape index (κ2) is 8.15. The van der Waals surface area contributed by atoms with Crippen molar-refractivity contribution in [2.75, 3.05) is 0 Å². The van der Waals surface area contributed by atoms with Crippen LogP contribution in [0.1, 0.15) is 42.9 Å². The molecule has 0 unspecified atom stereocenters. The molecule has 0 bridgehead atoms. The van der Waals surface area contributed by atoms with Crippen LogP contribution in [0.25, 0.3) is 10.9 Å². The zero-order valence-electron chi connectivity index (χ0n) is 16.4. The van der Waals surface area contributed by atoms with Gasteiger partial charge >= 0.3 is 0 Å². The number of carbonyl (C=O) groups is 1. The van der Waals surface area contributed by atoms with Crippen LogP contribution in [0.4, 0.5) is 4.39 Å². The van der Waals surface area contributed by atoms with Gasteiger partial charge in [0, 0.05) is 0 Å². The summed E-state index contributed by atoms with van der Waals surface area (Å²) in [6.45, 7) is 1.81. The van der Waals surface area contributed by atoms with E-state index in [-0.39, 0.29) is 29.9 Å². The lowest BCUT2D eigenvalue weighted by atomic mass is 9.91. The van der Waals surface area contributed by atoms with E-state index in [9.17, 15) is 14.0 Å². The fourth-order valence-electron chi connectivity index (χ4n) is 4.26. The Labute approximate surface area is 168 Å². The summed E-state index contributed by atoms with van der Waals surface area (Å²) in [5.41, 5.74) is 2.25. The molecular formula is C23H24FN3O2. The molecule has 0 radical (unpaired) electrons. The third kappa shape index (κ3) is 4.06. The Morgan fingerprint density at radius 3 is 2.66 bits per heavy atom. The monoisotopic (exact) mass is 393 g/mol. The van der Waals surface area contributed by atoms with Crippen LogP contribution in [0.5, 0.6) is 0 Å². The molecule has 0 saturated heterocycles. The number of carbonyl (C=O) groups excluding carboxylic acids is 1. The summed E-state index contributed by atoms with van der Waals surface area (Å²) in [5, 5.41) is 3.59. The molecule has 0 spiro atoms. The van der Waals surface area contributed by atoms with Gasteiger partial charge in [-0.15, -0.1) is 0 Å². The van der Waals surface area contributed by atoms with Crippen molar-refractivity contribution in [2.24, 2.45) is 5.92 Å². The van der Waals surface area contributed by atoms with Gasteiger partial charge in [-0.25, -0.2) is 9.37 Å². The first-order valence-corrected chi connectivity index (χ1v) is 10.0. The smallest absolute Gasteiger partial charge is 0.261 e. The molecule has 1 aliphatic rings. The molecule has 1 aliphatic carbocycles. The highest BCUT2D eigenvalue weighted by Crippen LogP contribution is 2.35. The maximum Gasteiger partial charge on any atom is 0.261 e. The molecule has 1 saturated carbocycles. The van der Waals surface area contributed by atoms with Gasteiger partial charge in [-0.3, -0.25) is 14.2 Å². The number of para-hydroxylation sites is 1. The van der Waals surface area contributed by atoms with Gasteiger partial charge in [0.1, 0.15) is 12.4 Å². The van der Waals surface area contributed by atoms with Crippen LogP contribution in [-0.4, -0.2) is 15.5 Å². The largest absolute Gasteiger partial charge is 0.347 e. The number of nitrogens with zero attached hydrogens (tertiary/aromatic N) is 2. The van der Waals surface area contributed by atoms with E-state index in [1.807, 2.05) is 19.1 Å². The number of aryl methyl sites for hydroxylation is 1. The maximum atomic E-state index is 13.3. The summed E-state index contributed by atoms with van der Waals surface area (Å²) in [6.07, 6.45) is 5.75. The van der Waals surface area contributed by atoms with Crippen LogP contribution in [0.15, 0.2) is 53.6 Å². The Balaban J connectivity index is 1.57. The zero-order valence-corrected chi connectivity index (χ0v) is 16.4. The van der Waals surface area contributed by atoms with Crippen LogP contribution >= 0.6 is 0 Å². The van der Waals surface area contributed by atoms with E-state index in [1.54, 1.807) is 18.2 Å². The molecule has 5 nitrogen and oxygen atoms in total. The van der Waals surface area contributed by atoms with Crippen molar-refractivity contribution >= 4 is 16.8 Å². The van der Waals surface area contributed by atoms with E-state index in [4.69, 9.17) is 0 Å². The first-order valence-electron chi connectivity index (χ1n) is 10.0. The minimum absolute atomic E-state index is 0.0971. The molecule has 1 amide bonds. The van der Waals surface area contributed by atoms with Gasteiger partial charge in [-0.1, -0.05) is 37.1 Å². The van der Waals surface area contributed by atoms with Gasteiger partial charge in [-0.05, 0) is 55.0 Å². The van der Waals surface area contributed by atoms with E-state index in [0.29, 0.717) is 16.8 Å². The van der Waals surface area contributed by atoms with Gasteiger partial charge in [-0.2, -0.15) is 0 Å². The van der Waals surface area contributed by atoms with Crippen molar-refractivity contribution in [3.63, 3.8) is 0 Å². The number of hydrogen-bond donors (Lipinski definition) is 1. The van der Waals surface area contributed by atoms with E-state index in [2.05, 4.69) is 10.3 Å². The molecule has 3 aromatic rings. The van der Waals surface area contributed by atoms with Crippen molar-refractivity contribution in [1.29, 1.82) is 0 Å². The molecule has 1 heterocycles. The minimum Gasteiger partial charge on any atom is -0.347 e. The lowest BCUT2D eigenvalue weighted by Crippen LogP contribution is -2.37. The lowest BCUT2D eigenvalue weighted by molar-refractivity contribution is -0.122. The second-order valence-electron chi connectivity index (χ2n) is 7.79. The van der Waals surface area contributed by atoms with Crippen molar-refractivity contribution in [2.45, 2.75) is 45.2 Å². The molecule has 29 heavy (non-hydrogen) atoms. The molecule has 1 fully saturated rings. The fourth-order valence-corrected chi connectivity index (χ4v) is 4.26. The summed E-state index contributed by atoms with van der Waals surface area (Å²) < 4.78 is 14.7. The van der Waals surface area contributed by atoms with Crippen molar-refractivity contribution in [3.05, 3.63) is 76.1 Å². The van der Waals surface area contributed by atoms with Gasteiger partial charge in [0.25, 0.3) is 5.56 Å². The number of amides is 1. The molecule has 0 aliphatic heterocycles. The van der Waals surface area contributed by atoms with Crippen LogP contribution in [0.2, 0.25) is 0 Å². The highest BCUT2D eigenvalue weighted by atomic mass is 19.1. The van der Waals surface area contributed by atoms with Crippen molar-refractivity contribution in [3.8, 4) is 0 Å². The Kier molecular flexibility index (Phi) is 5.43. The number of aromatic nitrogens is 2. The number of nitrogens with one attached hydrogen (secondary N) is 1. The van der Waals surface area contributed by atoms with Gasteiger partial charge in [0.15, 0.2) is 0 Å². The molecule has 6 heteroatoms. The zero-order chi connectivity index (χ0) is 20.4. The highest BCUT2D eigenvalue weighted by molar-refractivity contribution is 5.81. The third-order valence-corrected chi connectivity index (χ3v) is 5.79. The van der Waals surface area contributed by atoms with Crippen molar-refractivity contribution in [1.82, 2.24) is 14.9 Å². The summed E-state index contributed by atoms with van der Waals surface area (Å²) >= 11 is 0. The van der Waals surface area contributed by atoms with Gasteiger partial charge in [0.05, 0.1) is 23.3 Å².